The summed E-state index contributed by atoms with van der Waals surface area (Å²) in [5, 5.41) is 4.02. The van der Waals surface area contributed by atoms with Crippen LogP contribution in [-0.4, -0.2) is 57.1 Å². The van der Waals surface area contributed by atoms with E-state index in [-0.39, 0.29) is 6.10 Å². The topological polar surface area (TPSA) is 84.7 Å². The second-order valence-electron chi connectivity index (χ2n) is 6.74. The number of nitrogens with one attached hydrogen (secondary N) is 1. The van der Waals surface area contributed by atoms with Crippen LogP contribution in [0.2, 0.25) is 0 Å². The lowest BCUT2D eigenvalue weighted by Crippen LogP contribution is -2.45. The van der Waals surface area contributed by atoms with E-state index in [0.29, 0.717) is 18.4 Å². The van der Waals surface area contributed by atoms with Crippen molar-refractivity contribution in [2.75, 3.05) is 32.5 Å². The molecule has 2 aliphatic rings. The summed E-state index contributed by atoms with van der Waals surface area (Å²) in [5.41, 5.74) is 2.11. The number of rotatable bonds is 5. The molecule has 0 radical (unpaired) electrons. The van der Waals surface area contributed by atoms with E-state index in [4.69, 9.17) is 9.26 Å². The molecule has 1 aromatic heterocycles. The monoisotopic (exact) mass is 343 g/mol. The molecule has 3 rings (SSSR count). The van der Waals surface area contributed by atoms with Gasteiger partial charge in [-0.2, -0.15) is 0 Å². The molecule has 7 nitrogen and oxygen atoms in total. The van der Waals surface area contributed by atoms with Crippen molar-refractivity contribution in [1.29, 1.82) is 0 Å². The first-order valence-electron chi connectivity index (χ1n) is 8.04. The molecule has 3 heterocycles. The smallest absolute Gasteiger partial charge is 0.208 e. The Morgan fingerprint density at radius 2 is 2.17 bits per heavy atom. The number of likely N-dealkylation sites (tertiary alicyclic amines) is 1. The van der Waals surface area contributed by atoms with Crippen LogP contribution in [0.25, 0.3) is 0 Å². The van der Waals surface area contributed by atoms with E-state index in [0.717, 1.165) is 49.7 Å². The van der Waals surface area contributed by atoms with Gasteiger partial charge in [0.1, 0.15) is 5.76 Å². The third-order valence-electron chi connectivity index (χ3n) is 5.00. The molecule has 0 bridgehead atoms. The Bertz CT molecular complexity index is 638. The lowest BCUT2D eigenvalue weighted by Gasteiger charge is -2.36. The standard InChI is InChI=1S/C15H25N3O4S/c1-10-13(11(2)22-17-10)7-18-5-4-12-9-21-15(14(12)8-18)6-16-23(3,19)20/h12,14-16H,4-9H2,1-3H3/t12-,14-,15+/m0/s1. The van der Waals surface area contributed by atoms with Crippen molar-refractivity contribution in [2.45, 2.75) is 32.9 Å². The van der Waals surface area contributed by atoms with Gasteiger partial charge in [-0.25, -0.2) is 13.1 Å². The minimum Gasteiger partial charge on any atom is -0.376 e. The highest BCUT2D eigenvalue weighted by atomic mass is 32.2. The van der Waals surface area contributed by atoms with Gasteiger partial charge in [0, 0.05) is 31.1 Å². The fourth-order valence-electron chi connectivity index (χ4n) is 3.64. The molecule has 0 aromatic carbocycles. The number of aryl methyl sites for hydroxylation is 2. The SMILES string of the molecule is Cc1noc(C)c1CN1CC[C@H]2CO[C@H](CNS(C)(=O)=O)[C@H]2C1. The largest absolute Gasteiger partial charge is 0.376 e. The van der Waals surface area contributed by atoms with Crippen molar-refractivity contribution in [3.05, 3.63) is 17.0 Å². The van der Waals surface area contributed by atoms with Gasteiger partial charge in [0.2, 0.25) is 10.0 Å². The van der Waals surface area contributed by atoms with Gasteiger partial charge >= 0.3 is 0 Å². The number of sulfonamides is 1. The minimum atomic E-state index is -3.18. The Hall–Kier alpha value is -0.960. The maximum Gasteiger partial charge on any atom is 0.208 e. The Balaban J connectivity index is 1.62. The quantitative estimate of drug-likeness (QED) is 0.846. The maximum absolute atomic E-state index is 11.3. The zero-order valence-corrected chi connectivity index (χ0v) is 14.7. The van der Waals surface area contributed by atoms with Gasteiger partial charge in [-0.15, -0.1) is 0 Å². The Morgan fingerprint density at radius 1 is 1.39 bits per heavy atom. The summed E-state index contributed by atoms with van der Waals surface area (Å²) >= 11 is 0. The molecular formula is C15H25N3O4S. The molecule has 1 aromatic rings. The molecule has 1 N–H and O–H groups in total. The van der Waals surface area contributed by atoms with Crippen molar-refractivity contribution in [3.8, 4) is 0 Å². The van der Waals surface area contributed by atoms with Crippen molar-refractivity contribution < 1.29 is 17.7 Å². The summed E-state index contributed by atoms with van der Waals surface area (Å²) in [6, 6.07) is 0. The number of piperidine rings is 1. The number of hydrogen-bond acceptors (Lipinski definition) is 6. The van der Waals surface area contributed by atoms with Crippen LogP contribution >= 0.6 is 0 Å². The summed E-state index contributed by atoms with van der Waals surface area (Å²) in [5.74, 6) is 1.78. The normalized spacial score (nSPS) is 28.9. The molecule has 2 saturated heterocycles. The molecule has 3 atom stereocenters. The molecule has 0 amide bonds. The van der Waals surface area contributed by atoms with Gasteiger partial charge in [-0.05, 0) is 32.7 Å². The fourth-order valence-corrected chi connectivity index (χ4v) is 4.11. The number of nitrogens with zero attached hydrogens (tertiary/aromatic N) is 2. The van der Waals surface area contributed by atoms with Gasteiger partial charge in [0.25, 0.3) is 0 Å². The number of hydrogen-bond donors (Lipinski definition) is 1. The number of ether oxygens (including phenoxy) is 1. The highest BCUT2D eigenvalue weighted by Crippen LogP contribution is 2.34. The fraction of sp³-hybridized carbons (Fsp3) is 0.800. The predicted octanol–water partition coefficient (Wildman–Crippen LogP) is 0.678. The molecule has 2 aliphatic heterocycles. The van der Waals surface area contributed by atoms with Crippen LogP contribution in [0, 0.1) is 25.7 Å². The van der Waals surface area contributed by atoms with E-state index in [9.17, 15) is 8.42 Å². The molecule has 2 fully saturated rings. The van der Waals surface area contributed by atoms with Crippen LogP contribution < -0.4 is 4.72 Å². The van der Waals surface area contributed by atoms with Crippen molar-refractivity contribution >= 4 is 10.0 Å². The second kappa shape index (κ2) is 6.51. The molecule has 0 aliphatic carbocycles. The molecule has 0 saturated carbocycles. The summed E-state index contributed by atoms with van der Waals surface area (Å²) in [4.78, 5) is 2.40. The van der Waals surface area contributed by atoms with Gasteiger partial charge in [0.15, 0.2) is 0 Å². The van der Waals surface area contributed by atoms with E-state index in [2.05, 4.69) is 14.8 Å². The third kappa shape index (κ3) is 3.93. The van der Waals surface area contributed by atoms with Crippen molar-refractivity contribution in [3.63, 3.8) is 0 Å². The lowest BCUT2D eigenvalue weighted by molar-refractivity contribution is 0.0775. The van der Waals surface area contributed by atoms with Gasteiger partial charge < -0.3 is 9.26 Å². The predicted molar refractivity (Wildman–Crippen MR) is 85.4 cm³/mol. The van der Waals surface area contributed by atoms with Crippen molar-refractivity contribution in [2.24, 2.45) is 11.8 Å². The number of fused-ring (bicyclic) bond motifs is 1. The van der Waals surface area contributed by atoms with E-state index in [1.807, 2.05) is 13.8 Å². The number of aromatic nitrogens is 1. The summed E-state index contributed by atoms with van der Waals surface area (Å²) in [6.45, 7) is 7.79. The highest BCUT2D eigenvalue weighted by molar-refractivity contribution is 7.88. The molecule has 0 unspecified atom stereocenters. The van der Waals surface area contributed by atoms with E-state index in [1.54, 1.807) is 0 Å². The Labute approximate surface area is 137 Å². The zero-order valence-electron chi connectivity index (χ0n) is 13.9. The van der Waals surface area contributed by atoms with Crippen LogP contribution in [0.3, 0.4) is 0 Å². The first-order chi connectivity index (χ1) is 10.8. The molecule has 0 spiro atoms. The second-order valence-corrected chi connectivity index (χ2v) is 8.58. The maximum atomic E-state index is 11.3. The molecular weight excluding hydrogens is 318 g/mol. The Kier molecular flexibility index (Phi) is 4.78. The lowest BCUT2D eigenvalue weighted by atomic mass is 9.84. The van der Waals surface area contributed by atoms with E-state index >= 15 is 0 Å². The van der Waals surface area contributed by atoms with Gasteiger partial charge in [-0.3, -0.25) is 4.90 Å². The van der Waals surface area contributed by atoms with Gasteiger partial charge in [0.05, 0.1) is 24.7 Å². The van der Waals surface area contributed by atoms with Gasteiger partial charge in [-0.1, -0.05) is 5.16 Å². The molecule has 8 heteroatoms. The summed E-state index contributed by atoms with van der Waals surface area (Å²) in [6.07, 6.45) is 2.23. The Morgan fingerprint density at radius 3 is 2.83 bits per heavy atom. The average molecular weight is 343 g/mol. The van der Waals surface area contributed by atoms with Crippen molar-refractivity contribution in [1.82, 2.24) is 14.8 Å². The third-order valence-corrected chi connectivity index (χ3v) is 5.69. The molecule has 130 valence electrons. The van der Waals surface area contributed by atoms with Crippen LogP contribution in [0.15, 0.2) is 4.52 Å². The summed E-state index contributed by atoms with van der Waals surface area (Å²) < 4.78 is 36.3. The van der Waals surface area contributed by atoms with E-state index in [1.165, 1.54) is 6.26 Å². The van der Waals surface area contributed by atoms with Crippen LogP contribution in [-0.2, 0) is 21.3 Å². The van der Waals surface area contributed by atoms with E-state index < -0.39 is 10.0 Å². The first-order valence-corrected chi connectivity index (χ1v) is 9.93. The van der Waals surface area contributed by atoms with Crippen LogP contribution in [0.5, 0.6) is 0 Å². The highest BCUT2D eigenvalue weighted by Gasteiger charge is 2.41. The average Bonchev–Trinajstić information content (AvgIpc) is 3.02. The molecule has 23 heavy (non-hydrogen) atoms. The first kappa shape index (κ1) is 16.9. The minimum absolute atomic E-state index is 0.0396. The van der Waals surface area contributed by atoms with Crippen LogP contribution in [0.1, 0.15) is 23.4 Å². The summed E-state index contributed by atoms with van der Waals surface area (Å²) in [7, 11) is -3.18. The van der Waals surface area contributed by atoms with Crippen LogP contribution in [0.4, 0.5) is 0 Å². The zero-order chi connectivity index (χ0) is 16.6.